The third kappa shape index (κ3) is 4.72. The van der Waals surface area contributed by atoms with Gasteiger partial charge in [0.05, 0.1) is 0 Å². The van der Waals surface area contributed by atoms with Gasteiger partial charge >= 0.3 is 6.03 Å². The number of carbonyl (C=O) groups excluding carboxylic acids is 1. The Morgan fingerprint density at radius 1 is 0.962 bits per heavy atom. The highest BCUT2D eigenvalue weighted by atomic mass is 16.2. The third-order valence-corrected chi connectivity index (χ3v) is 5.80. The van der Waals surface area contributed by atoms with Crippen molar-refractivity contribution in [1.29, 1.82) is 0 Å². The number of amides is 2. The summed E-state index contributed by atoms with van der Waals surface area (Å²) in [6.45, 7) is 10.2. The Morgan fingerprint density at radius 2 is 1.58 bits per heavy atom. The minimum atomic E-state index is 0.130. The zero-order valence-corrected chi connectivity index (χ0v) is 16.8. The molecule has 1 saturated carbocycles. The second-order valence-electron chi connectivity index (χ2n) is 8.88. The van der Waals surface area contributed by atoms with Gasteiger partial charge in [0, 0.05) is 37.9 Å². The lowest BCUT2D eigenvalue weighted by molar-refractivity contribution is 0.189. The first-order chi connectivity index (χ1) is 12.4. The molecule has 1 heterocycles. The van der Waals surface area contributed by atoms with E-state index in [1.807, 2.05) is 4.90 Å². The van der Waals surface area contributed by atoms with Crippen LogP contribution in [-0.4, -0.2) is 43.2 Å². The molecular formula is C22H35N3O. The molecule has 2 aliphatic rings. The average molecular weight is 358 g/mol. The minimum absolute atomic E-state index is 0.130. The molecule has 3 rings (SSSR count). The van der Waals surface area contributed by atoms with Crippen LogP contribution < -0.4 is 10.2 Å². The number of carbonyl (C=O) groups is 1. The number of rotatable bonds is 2. The number of anilines is 1. The molecule has 4 nitrogen and oxygen atoms in total. The van der Waals surface area contributed by atoms with Crippen LogP contribution >= 0.6 is 0 Å². The van der Waals surface area contributed by atoms with E-state index < -0.39 is 0 Å². The van der Waals surface area contributed by atoms with Crippen LogP contribution in [-0.2, 0) is 5.41 Å². The Bertz CT molecular complexity index is 592. The van der Waals surface area contributed by atoms with Gasteiger partial charge in [-0.3, -0.25) is 0 Å². The maximum Gasteiger partial charge on any atom is 0.317 e. The van der Waals surface area contributed by atoms with E-state index in [-0.39, 0.29) is 11.4 Å². The van der Waals surface area contributed by atoms with Crippen LogP contribution in [0, 0.1) is 0 Å². The van der Waals surface area contributed by atoms with E-state index in [4.69, 9.17) is 0 Å². The molecule has 1 aromatic carbocycles. The predicted octanol–water partition coefficient (Wildman–Crippen LogP) is 4.54. The lowest BCUT2D eigenvalue weighted by Crippen LogP contribution is -2.53. The van der Waals surface area contributed by atoms with Crippen molar-refractivity contribution in [3.8, 4) is 0 Å². The molecule has 1 saturated heterocycles. The number of hydrogen-bond acceptors (Lipinski definition) is 2. The number of piperazine rings is 1. The zero-order chi connectivity index (χ0) is 18.6. The van der Waals surface area contributed by atoms with E-state index in [0.717, 1.165) is 39.0 Å². The first-order valence-electron chi connectivity index (χ1n) is 10.3. The molecule has 0 spiro atoms. The topological polar surface area (TPSA) is 35.6 Å². The maximum atomic E-state index is 12.6. The van der Waals surface area contributed by atoms with Gasteiger partial charge in [-0.2, -0.15) is 0 Å². The summed E-state index contributed by atoms with van der Waals surface area (Å²) in [5.74, 6) is 0. The summed E-state index contributed by atoms with van der Waals surface area (Å²) in [5, 5.41) is 3.29. The molecule has 2 amide bonds. The van der Waals surface area contributed by atoms with E-state index in [1.165, 1.54) is 36.9 Å². The Balaban J connectivity index is 1.57. The first-order valence-corrected chi connectivity index (χ1v) is 10.3. The zero-order valence-electron chi connectivity index (χ0n) is 16.8. The number of para-hydroxylation sites is 1. The quantitative estimate of drug-likeness (QED) is 0.789. The molecule has 0 atom stereocenters. The number of nitrogens with one attached hydrogen (secondary N) is 1. The monoisotopic (exact) mass is 357 g/mol. The van der Waals surface area contributed by atoms with E-state index in [2.05, 4.69) is 55.3 Å². The molecule has 0 radical (unpaired) electrons. The summed E-state index contributed by atoms with van der Waals surface area (Å²) in [4.78, 5) is 17.1. The molecule has 4 heteroatoms. The summed E-state index contributed by atoms with van der Waals surface area (Å²) in [6.07, 6.45) is 7.43. The molecular weight excluding hydrogens is 322 g/mol. The Morgan fingerprint density at radius 3 is 2.19 bits per heavy atom. The molecule has 1 aliphatic heterocycles. The second kappa shape index (κ2) is 8.32. The number of hydrogen-bond donors (Lipinski definition) is 1. The number of nitrogens with zero attached hydrogens (tertiary/aromatic N) is 2. The minimum Gasteiger partial charge on any atom is -0.368 e. The van der Waals surface area contributed by atoms with Gasteiger partial charge in [0.1, 0.15) is 0 Å². The van der Waals surface area contributed by atoms with Crippen LogP contribution in [0.25, 0.3) is 0 Å². The van der Waals surface area contributed by atoms with Gasteiger partial charge in [-0.05, 0) is 29.9 Å². The normalized spacial score (nSPS) is 20.0. The molecule has 1 aliphatic carbocycles. The molecule has 26 heavy (non-hydrogen) atoms. The number of benzene rings is 1. The molecule has 1 N–H and O–H groups in total. The largest absolute Gasteiger partial charge is 0.368 e. The highest BCUT2D eigenvalue weighted by Crippen LogP contribution is 2.32. The highest BCUT2D eigenvalue weighted by molar-refractivity contribution is 5.75. The van der Waals surface area contributed by atoms with Crippen molar-refractivity contribution in [2.24, 2.45) is 0 Å². The molecule has 144 valence electrons. The summed E-state index contributed by atoms with van der Waals surface area (Å²) in [6, 6.07) is 9.23. The fourth-order valence-electron chi connectivity index (χ4n) is 4.22. The molecule has 2 fully saturated rings. The van der Waals surface area contributed by atoms with Crippen molar-refractivity contribution in [2.45, 2.75) is 70.8 Å². The summed E-state index contributed by atoms with van der Waals surface area (Å²) in [5.41, 5.74) is 2.84. The fourth-order valence-corrected chi connectivity index (χ4v) is 4.22. The molecule has 0 unspecified atom stereocenters. The second-order valence-corrected chi connectivity index (χ2v) is 8.88. The van der Waals surface area contributed by atoms with Crippen molar-refractivity contribution < 1.29 is 4.79 Å². The Kier molecular flexibility index (Phi) is 6.10. The van der Waals surface area contributed by atoms with Gasteiger partial charge < -0.3 is 15.1 Å². The van der Waals surface area contributed by atoms with E-state index in [9.17, 15) is 4.79 Å². The van der Waals surface area contributed by atoms with Gasteiger partial charge in [-0.15, -0.1) is 0 Å². The summed E-state index contributed by atoms with van der Waals surface area (Å²) in [7, 11) is 0. The van der Waals surface area contributed by atoms with Crippen LogP contribution in [0.2, 0.25) is 0 Å². The lowest BCUT2D eigenvalue weighted by Gasteiger charge is -2.39. The first kappa shape index (κ1) is 19.1. The van der Waals surface area contributed by atoms with Crippen molar-refractivity contribution in [2.75, 3.05) is 31.1 Å². The smallest absolute Gasteiger partial charge is 0.317 e. The summed E-state index contributed by atoms with van der Waals surface area (Å²) >= 11 is 0. The average Bonchev–Trinajstić information content (AvgIpc) is 2.90. The van der Waals surface area contributed by atoms with Gasteiger partial charge in [0.15, 0.2) is 0 Å². The standard InChI is InChI=1S/C22H35N3O/c1-22(2,3)19-12-8-9-13-20(19)24-14-16-25(17-15-24)21(26)23-18-10-6-4-5-7-11-18/h8-9,12-13,18H,4-7,10-11,14-17H2,1-3H3,(H,23,26). The fraction of sp³-hybridized carbons (Fsp3) is 0.682. The van der Waals surface area contributed by atoms with Crippen LogP contribution in [0.4, 0.5) is 10.5 Å². The van der Waals surface area contributed by atoms with Crippen molar-refractivity contribution >= 4 is 11.7 Å². The van der Waals surface area contributed by atoms with Gasteiger partial charge in [0.25, 0.3) is 0 Å². The van der Waals surface area contributed by atoms with Crippen LogP contribution in [0.15, 0.2) is 24.3 Å². The molecule has 0 aromatic heterocycles. The lowest BCUT2D eigenvalue weighted by atomic mass is 9.85. The van der Waals surface area contributed by atoms with Gasteiger partial charge in [0.2, 0.25) is 0 Å². The molecule has 1 aromatic rings. The van der Waals surface area contributed by atoms with E-state index in [0.29, 0.717) is 6.04 Å². The summed E-state index contributed by atoms with van der Waals surface area (Å²) < 4.78 is 0. The van der Waals surface area contributed by atoms with Crippen molar-refractivity contribution in [3.63, 3.8) is 0 Å². The Hall–Kier alpha value is -1.71. The van der Waals surface area contributed by atoms with Gasteiger partial charge in [-0.25, -0.2) is 4.79 Å². The van der Waals surface area contributed by atoms with Crippen LogP contribution in [0.5, 0.6) is 0 Å². The van der Waals surface area contributed by atoms with Gasteiger partial charge in [-0.1, -0.05) is 64.7 Å². The van der Waals surface area contributed by atoms with E-state index in [1.54, 1.807) is 0 Å². The highest BCUT2D eigenvalue weighted by Gasteiger charge is 2.26. The Labute approximate surface area is 158 Å². The van der Waals surface area contributed by atoms with Crippen LogP contribution in [0.3, 0.4) is 0 Å². The maximum absolute atomic E-state index is 12.6. The number of urea groups is 1. The van der Waals surface area contributed by atoms with Crippen LogP contribution in [0.1, 0.15) is 64.9 Å². The SMILES string of the molecule is CC(C)(C)c1ccccc1N1CCN(C(=O)NC2CCCCCC2)CC1. The third-order valence-electron chi connectivity index (χ3n) is 5.80. The van der Waals surface area contributed by atoms with Crippen molar-refractivity contribution in [3.05, 3.63) is 29.8 Å². The van der Waals surface area contributed by atoms with E-state index >= 15 is 0 Å². The molecule has 0 bridgehead atoms. The van der Waals surface area contributed by atoms with Crippen molar-refractivity contribution in [1.82, 2.24) is 10.2 Å². The predicted molar refractivity (Wildman–Crippen MR) is 109 cm³/mol.